The lowest BCUT2D eigenvalue weighted by Gasteiger charge is -2.27. The van der Waals surface area contributed by atoms with Crippen LogP contribution >= 0.6 is 0 Å². The molecule has 0 aromatic heterocycles. The Bertz CT molecular complexity index is 1190. The summed E-state index contributed by atoms with van der Waals surface area (Å²) in [4.78, 5) is 25.0. The van der Waals surface area contributed by atoms with Crippen molar-refractivity contribution >= 4 is 33.2 Å². The molecule has 2 aliphatic rings. The van der Waals surface area contributed by atoms with Gasteiger partial charge in [-0.05, 0) is 75.4 Å². The van der Waals surface area contributed by atoms with E-state index in [1.165, 1.54) is 10.4 Å². The van der Waals surface area contributed by atoms with Gasteiger partial charge in [0.15, 0.2) is 6.10 Å². The quantitative estimate of drug-likeness (QED) is 0.734. The molecule has 2 N–H and O–H groups in total. The van der Waals surface area contributed by atoms with Crippen LogP contribution in [0.1, 0.15) is 36.5 Å². The molecule has 0 unspecified atom stereocenters. The lowest BCUT2D eigenvalue weighted by molar-refractivity contribution is -0.122. The number of hydrogen-bond acceptors (Lipinski definition) is 5. The van der Waals surface area contributed by atoms with Crippen molar-refractivity contribution in [3.05, 3.63) is 47.0 Å². The first-order chi connectivity index (χ1) is 15.1. The van der Waals surface area contributed by atoms with E-state index in [-0.39, 0.29) is 23.3 Å². The molecule has 170 valence electrons. The molecular formula is C23H27N3O5S. The van der Waals surface area contributed by atoms with Gasteiger partial charge in [-0.25, -0.2) is 8.42 Å². The highest BCUT2D eigenvalue weighted by Crippen LogP contribution is 2.37. The number of fused-ring (bicyclic) bond motifs is 1. The van der Waals surface area contributed by atoms with Crippen molar-refractivity contribution in [2.45, 2.75) is 57.6 Å². The first-order valence-electron chi connectivity index (χ1n) is 10.6. The molecule has 32 heavy (non-hydrogen) atoms. The average Bonchev–Trinajstić information content (AvgIpc) is 3.19. The number of nitrogens with one attached hydrogen (secondary N) is 2. The number of amides is 2. The second-order valence-electron chi connectivity index (χ2n) is 8.50. The van der Waals surface area contributed by atoms with Gasteiger partial charge in [0.1, 0.15) is 11.8 Å². The predicted octanol–water partition coefficient (Wildman–Crippen LogP) is 3.12. The summed E-state index contributed by atoms with van der Waals surface area (Å²) in [5.41, 5.74) is 3.60. The summed E-state index contributed by atoms with van der Waals surface area (Å²) in [7, 11) is -3.96. The maximum atomic E-state index is 13.6. The number of benzene rings is 2. The zero-order valence-corrected chi connectivity index (χ0v) is 19.4. The lowest BCUT2D eigenvalue weighted by atomic mass is 10.1. The summed E-state index contributed by atoms with van der Waals surface area (Å²) in [6.45, 7) is 7.41. The van der Waals surface area contributed by atoms with Crippen LogP contribution in [0.4, 0.5) is 11.4 Å². The third-order valence-electron chi connectivity index (χ3n) is 5.79. The van der Waals surface area contributed by atoms with Crippen molar-refractivity contribution in [1.82, 2.24) is 4.31 Å². The maximum Gasteiger partial charge on any atom is 0.265 e. The van der Waals surface area contributed by atoms with Crippen LogP contribution in [0.3, 0.4) is 0 Å². The van der Waals surface area contributed by atoms with E-state index in [1.54, 1.807) is 19.9 Å². The van der Waals surface area contributed by atoms with Gasteiger partial charge in [-0.3, -0.25) is 9.59 Å². The lowest BCUT2D eigenvalue weighted by Crippen LogP contribution is -2.43. The van der Waals surface area contributed by atoms with Gasteiger partial charge in [-0.15, -0.1) is 0 Å². The largest absolute Gasteiger partial charge is 0.479 e. The van der Waals surface area contributed by atoms with Gasteiger partial charge in [0, 0.05) is 18.3 Å². The molecule has 8 nitrogen and oxygen atoms in total. The van der Waals surface area contributed by atoms with Gasteiger partial charge in [0.2, 0.25) is 15.9 Å². The third-order valence-corrected chi connectivity index (χ3v) is 7.84. The molecule has 2 heterocycles. The van der Waals surface area contributed by atoms with Crippen molar-refractivity contribution in [3.8, 4) is 5.75 Å². The Labute approximate surface area is 188 Å². The fourth-order valence-corrected chi connectivity index (χ4v) is 6.19. The molecule has 0 bridgehead atoms. The Morgan fingerprint density at radius 1 is 1.12 bits per heavy atom. The molecule has 9 heteroatoms. The summed E-state index contributed by atoms with van der Waals surface area (Å²) in [6, 6.07) is 7.96. The van der Waals surface area contributed by atoms with Crippen molar-refractivity contribution in [1.29, 1.82) is 0 Å². The van der Waals surface area contributed by atoms with Gasteiger partial charge in [0.05, 0.1) is 10.6 Å². The molecule has 2 aromatic rings. The minimum absolute atomic E-state index is 0.0747. The van der Waals surface area contributed by atoms with E-state index in [2.05, 4.69) is 10.6 Å². The fraction of sp³-hybridized carbons (Fsp3) is 0.391. The minimum atomic E-state index is -3.96. The molecule has 0 spiro atoms. The first kappa shape index (κ1) is 22.3. The zero-order chi connectivity index (χ0) is 23.2. The molecule has 0 saturated carbocycles. The molecule has 2 aromatic carbocycles. The normalized spacial score (nSPS) is 20.9. The summed E-state index contributed by atoms with van der Waals surface area (Å²) in [5, 5.41) is 5.60. The number of carbonyl (C=O) groups excluding carboxylic acids is 2. The number of carbonyl (C=O) groups is 2. The number of nitrogens with zero attached hydrogens (tertiary/aromatic N) is 1. The highest BCUT2D eigenvalue weighted by atomic mass is 32.2. The number of rotatable bonds is 4. The van der Waals surface area contributed by atoms with E-state index in [4.69, 9.17) is 4.74 Å². The Morgan fingerprint density at radius 3 is 2.50 bits per heavy atom. The van der Waals surface area contributed by atoms with Gasteiger partial charge in [-0.1, -0.05) is 6.07 Å². The molecule has 1 fully saturated rings. The van der Waals surface area contributed by atoms with Gasteiger partial charge in [0.25, 0.3) is 5.91 Å². The van der Waals surface area contributed by atoms with Gasteiger partial charge in [-0.2, -0.15) is 4.31 Å². The number of ether oxygens (including phenoxy) is 1. The van der Waals surface area contributed by atoms with Crippen molar-refractivity contribution in [3.63, 3.8) is 0 Å². The van der Waals surface area contributed by atoms with E-state index in [0.717, 1.165) is 11.1 Å². The second kappa shape index (κ2) is 8.22. The van der Waals surface area contributed by atoms with Crippen LogP contribution in [0.5, 0.6) is 5.75 Å². The molecular weight excluding hydrogens is 430 g/mol. The second-order valence-corrected chi connectivity index (χ2v) is 10.4. The van der Waals surface area contributed by atoms with Crippen molar-refractivity contribution < 1.29 is 22.7 Å². The van der Waals surface area contributed by atoms with E-state index in [1.807, 2.05) is 32.0 Å². The molecule has 0 aliphatic carbocycles. The highest BCUT2D eigenvalue weighted by molar-refractivity contribution is 7.89. The Morgan fingerprint density at radius 2 is 1.81 bits per heavy atom. The highest BCUT2D eigenvalue weighted by Gasteiger charge is 2.40. The Balaban J connectivity index is 1.62. The van der Waals surface area contributed by atoms with Crippen LogP contribution in [0.2, 0.25) is 0 Å². The topological polar surface area (TPSA) is 105 Å². The molecule has 0 radical (unpaired) electrons. The first-order valence-corrected chi connectivity index (χ1v) is 12.0. The van der Waals surface area contributed by atoms with Gasteiger partial charge < -0.3 is 15.4 Å². The SMILES string of the molecule is Cc1cc(C)cc(NC(=O)[C@@H]2CCCN2S(=O)(=O)c2cc3c(cc2C)NC(=O)[C@@H](C)O3)c1. The molecule has 2 amide bonds. The van der Waals surface area contributed by atoms with Crippen LogP contribution in [-0.2, 0) is 19.6 Å². The van der Waals surface area contributed by atoms with Crippen LogP contribution in [0.15, 0.2) is 35.2 Å². The molecule has 2 aliphatic heterocycles. The molecule has 4 rings (SSSR count). The van der Waals surface area contributed by atoms with Crippen molar-refractivity contribution in [2.24, 2.45) is 0 Å². The summed E-state index contributed by atoms with van der Waals surface area (Å²) < 4.78 is 34.0. The third kappa shape index (κ3) is 4.10. The minimum Gasteiger partial charge on any atom is -0.479 e. The van der Waals surface area contributed by atoms with E-state index >= 15 is 0 Å². The van der Waals surface area contributed by atoms with Crippen LogP contribution in [-0.4, -0.2) is 43.2 Å². The standard InChI is InChI=1S/C23H27N3O5S/c1-13-8-14(2)10-17(9-13)24-23(28)19-6-5-7-26(19)32(29,30)21-12-20-18(11-15(21)3)25-22(27)16(4)31-20/h8-12,16,19H,5-7H2,1-4H3,(H,24,28)(H,25,27)/t16-,19+/m1/s1. The predicted molar refractivity (Wildman–Crippen MR) is 121 cm³/mol. The van der Waals surface area contributed by atoms with Gasteiger partial charge >= 0.3 is 0 Å². The average molecular weight is 458 g/mol. The van der Waals surface area contributed by atoms with Crippen LogP contribution < -0.4 is 15.4 Å². The smallest absolute Gasteiger partial charge is 0.265 e. The summed E-state index contributed by atoms with van der Waals surface area (Å²) in [5.74, 6) is -0.323. The Kier molecular flexibility index (Phi) is 5.72. The fourth-order valence-electron chi connectivity index (χ4n) is 4.31. The maximum absolute atomic E-state index is 13.6. The number of hydrogen-bond donors (Lipinski definition) is 2. The van der Waals surface area contributed by atoms with Crippen LogP contribution in [0, 0.1) is 20.8 Å². The Hall–Kier alpha value is -2.91. The summed E-state index contributed by atoms with van der Waals surface area (Å²) in [6.07, 6.45) is 0.324. The number of sulfonamides is 1. The summed E-state index contributed by atoms with van der Waals surface area (Å²) >= 11 is 0. The number of aryl methyl sites for hydroxylation is 3. The zero-order valence-electron chi connectivity index (χ0n) is 18.6. The van der Waals surface area contributed by atoms with Crippen molar-refractivity contribution in [2.75, 3.05) is 17.2 Å². The van der Waals surface area contributed by atoms with Crippen LogP contribution in [0.25, 0.3) is 0 Å². The molecule has 1 saturated heterocycles. The number of anilines is 2. The molecule has 2 atom stereocenters. The van der Waals surface area contributed by atoms with E-state index in [9.17, 15) is 18.0 Å². The monoisotopic (exact) mass is 457 g/mol. The van der Waals surface area contributed by atoms with E-state index in [0.29, 0.717) is 35.5 Å². The van der Waals surface area contributed by atoms with E-state index < -0.39 is 22.2 Å².